The molecule has 0 rings (SSSR count). The molecule has 0 saturated heterocycles. The van der Waals surface area contributed by atoms with Gasteiger partial charge in [0.05, 0.1) is 0 Å². The second-order valence-corrected chi connectivity index (χ2v) is 3.93. The summed E-state index contributed by atoms with van der Waals surface area (Å²) in [6.07, 6.45) is 1.99. The fourth-order valence-corrected chi connectivity index (χ4v) is 1.45. The van der Waals surface area contributed by atoms with Gasteiger partial charge in [-0.1, -0.05) is 6.42 Å². The summed E-state index contributed by atoms with van der Waals surface area (Å²) in [5, 5.41) is 0. The molecule has 0 aromatic carbocycles. The summed E-state index contributed by atoms with van der Waals surface area (Å²) in [5.74, 6) is 0. The minimum Gasteiger partial charge on any atom is -0.413 e. The van der Waals surface area contributed by atoms with Gasteiger partial charge < -0.3 is 15.0 Å². The molecule has 0 aliphatic heterocycles. The van der Waals surface area contributed by atoms with Crippen LogP contribution in [0.1, 0.15) is 12.8 Å². The summed E-state index contributed by atoms with van der Waals surface area (Å²) in [6, 6.07) is 0.827. The molecule has 9 heavy (non-hydrogen) atoms. The van der Waals surface area contributed by atoms with Gasteiger partial charge in [-0.05, 0) is 19.0 Å². The highest BCUT2D eigenvalue weighted by molar-refractivity contribution is 6.42. The fraction of sp³-hybridized carbons (Fsp3) is 1.00. The van der Waals surface area contributed by atoms with Gasteiger partial charge in [-0.2, -0.15) is 0 Å². The van der Waals surface area contributed by atoms with E-state index in [-0.39, 0.29) is 0 Å². The lowest BCUT2D eigenvalue weighted by Gasteiger charge is -2.03. The average molecular weight is 149 g/mol. The van der Waals surface area contributed by atoms with Gasteiger partial charge in [0.15, 0.2) is 0 Å². The van der Waals surface area contributed by atoms with Crippen molar-refractivity contribution >= 4 is 9.28 Å². The second kappa shape index (κ2) is 6.22. The van der Waals surface area contributed by atoms with Crippen molar-refractivity contribution < 1.29 is 9.22 Å². The Hall–Kier alpha value is 0.0969. The molecule has 0 amide bonds. The summed E-state index contributed by atoms with van der Waals surface area (Å²) in [6.45, 7) is 0.713. The maximum Gasteiger partial charge on any atom is 0.318 e. The quantitative estimate of drug-likeness (QED) is 0.412. The summed E-state index contributed by atoms with van der Waals surface area (Å²) >= 11 is 0. The van der Waals surface area contributed by atoms with E-state index in [0.717, 1.165) is 18.9 Å². The van der Waals surface area contributed by atoms with Gasteiger partial charge in [0.1, 0.15) is 0 Å². The first kappa shape index (κ1) is 9.10. The van der Waals surface area contributed by atoms with E-state index >= 15 is 0 Å². The Kier molecular flexibility index (Phi) is 6.29. The summed E-state index contributed by atoms with van der Waals surface area (Å²) in [7, 11) is -0.214. The van der Waals surface area contributed by atoms with Crippen LogP contribution in [0, 0.1) is 0 Å². The van der Waals surface area contributed by atoms with Crippen LogP contribution < -0.4 is 5.73 Å². The van der Waals surface area contributed by atoms with Crippen molar-refractivity contribution in [1.82, 2.24) is 0 Å². The molecular weight excluding hydrogens is 134 g/mol. The lowest BCUT2D eigenvalue weighted by atomic mass is 10.3. The van der Waals surface area contributed by atoms with E-state index in [4.69, 9.17) is 15.0 Å². The third-order valence-corrected chi connectivity index (χ3v) is 2.62. The summed E-state index contributed by atoms with van der Waals surface area (Å²) < 4.78 is 4.75. The lowest BCUT2D eigenvalue weighted by Crippen LogP contribution is -2.14. The molecule has 56 valence electrons. The summed E-state index contributed by atoms with van der Waals surface area (Å²) in [5.41, 5.74) is 5.25. The van der Waals surface area contributed by atoms with Crippen molar-refractivity contribution in [3.05, 3.63) is 0 Å². The van der Waals surface area contributed by atoms with E-state index in [1.807, 2.05) is 0 Å². The molecule has 1 atom stereocenters. The number of unbranched alkanes of at least 4 members (excludes halogenated alkanes) is 1. The van der Waals surface area contributed by atoms with Crippen molar-refractivity contribution in [2.75, 3.05) is 13.7 Å². The molecular formula is C5H15NO2Si. The van der Waals surface area contributed by atoms with Gasteiger partial charge in [0, 0.05) is 7.11 Å². The number of rotatable bonds is 5. The van der Waals surface area contributed by atoms with Crippen molar-refractivity contribution in [2.24, 2.45) is 5.73 Å². The predicted octanol–water partition coefficient (Wildman–Crippen LogP) is -0.416. The largest absolute Gasteiger partial charge is 0.413 e. The first-order valence-corrected chi connectivity index (χ1v) is 5.02. The average Bonchev–Trinajstić information content (AvgIpc) is 1.89. The second-order valence-electron chi connectivity index (χ2n) is 1.97. The van der Waals surface area contributed by atoms with Crippen LogP contribution in [0.2, 0.25) is 6.04 Å². The molecule has 0 bridgehead atoms. The first-order valence-electron chi connectivity index (χ1n) is 3.22. The fourth-order valence-electron chi connectivity index (χ4n) is 0.581. The van der Waals surface area contributed by atoms with Crippen molar-refractivity contribution in [1.29, 1.82) is 0 Å². The Labute approximate surface area is 57.7 Å². The third-order valence-electron chi connectivity index (χ3n) is 1.18. The molecule has 0 fully saturated rings. The van der Waals surface area contributed by atoms with Crippen LogP contribution in [0.3, 0.4) is 0 Å². The maximum absolute atomic E-state index is 8.96. The van der Waals surface area contributed by atoms with E-state index in [2.05, 4.69) is 0 Å². The van der Waals surface area contributed by atoms with Crippen molar-refractivity contribution in [3.8, 4) is 0 Å². The van der Waals surface area contributed by atoms with Gasteiger partial charge in [-0.15, -0.1) is 0 Å². The lowest BCUT2D eigenvalue weighted by molar-refractivity contribution is 0.324. The molecule has 4 heteroatoms. The molecule has 0 spiro atoms. The molecule has 1 unspecified atom stereocenters. The van der Waals surface area contributed by atoms with Crippen LogP contribution in [-0.4, -0.2) is 27.7 Å². The van der Waals surface area contributed by atoms with Gasteiger partial charge in [0.25, 0.3) is 0 Å². The van der Waals surface area contributed by atoms with E-state index < -0.39 is 9.28 Å². The first-order chi connectivity index (χ1) is 4.31. The van der Waals surface area contributed by atoms with Crippen LogP contribution in [0.5, 0.6) is 0 Å². The molecule has 3 N–H and O–H groups in total. The van der Waals surface area contributed by atoms with E-state index in [1.165, 1.54) is 0 Å². The molecule has 3 nitrogen and oxygen atoms in total. The van der Waals surface area contributed by atoms with Crippen LogP contribution in [0.15, 0.2) is 0 Å². The molecule has 0 radical (unpaired) electrons. The molecule has 0 aliphatic rings. The predicted molar refractivity (Wildman–Crippen MR) is 39.5 cm³/mol. The normalized spacial score (nSPS) is 13.7. The zero-order chi connectivity index (χ0) is 7.11. The van der Waals surface area contributed by atoms with Crippen LogP contribution in [-0.2, 0) is 4.43 Å². The highest BCUT2D eigenvalue weighted by atomic mass is 28.3. The highest BCUT2D eigenvalue weighted by Gasteiger charge is 2.02. The van der Waals surface area contributed by atoms with E-state index in [0.29, 0.717) is 6.54 Å². The number of nitrogens with two attached hydrogens (primary N) is 1. The van der Waals surface area contributed by atoms with Crippen LogP contribution >= 0.6 is 0 Å². The zero-order valence-electron chi connectivity index (χ0n) is 5.84. The molecule has 0 heterocycles. The Morgan fingerprint density at radius 3 is 2.67 bits per heavy atom. The SMILES string of the molecule is CO[SiH](O)CCCCN. The van der Waals surface area contributed by atoms with Crippen molar-refractivity contribution in [2.45, 2.75) is 18.9 Å². The molecule has 0 aliphatic carbocycles. The third kappa shape index (κ3) is 5.98. The zero-order valence-corrected chi connectivity index (χ0v) is 6.99. The number of hydrogen-bond acceptors (Lipinski definition) is 3. The Bertz CT molecular complexity index is 62.9. The van der Waals surface area contributed by atoms with Crippen LogP contribution in [0.25, 0.3) is 0 Å². The minimum atomic E-state index is -1.77. The Morgan fingerprint density at radius 2 is 2.22 bits per heavy atom. The van der Waals surface area contributed by atoms with E-state index in [9.17, 15) is 0 Å². The van der Waals surface area contributed by atoms with E-state index in [1.54, 1.807) is 7.11 Å². The van der Waals surface area contributed by atoms with Gasteiger partial charge in [-0.3, -0.25) is 0 Å². The monoisotopic (exact) mass is 149 g/mol. The van der Waals surface area contributed by atoms with Gasteiger partial charge >= 0.3 is 9.28 Å². The maximum atomic E-state index is 8.96. The topological polar surface area (TPSA) is 55.5 Å². The molecule has 0 aromatic heterocycles. The smallest absolute Gasteiger partial charge is 0.318 e. The number of hydrogen-bond donors (Lipinski definition) is 2. The van der Waals surface area contributed by atoms with Crippen molar-refractivity contribution in [3.63, 3.8) is 0 Å². The highest BCUT2D eigenvalue weighted by Crippen LogP contribution is 1.97. The molecule has 0 saturated carbocycles. The van der Waals surface area contributed by atoms with Crippen LogP contribution in [0.4, 0.5) is 0 Å². The van der Waals surface area contributed by atoms with Gasteiger partial charge in [-0.25, -0.2) is 0 Å². The Morgan fingerprint density at radius 1 is 1.56 bits per heavy atom. The summed E-state index contributed by atoms with van der Waals surface area (Å²) in [4.78, 5) is 8.96. The Balaban J connectivity index is 2.88. The van der Waals surface area contributed by atoms with Gasteiger partial charge in [0.2, 0.25) is 0 Å². The standard InChI is InChI=1S/C5H15NO2Si/c1-8-9(7)5-3-2-4-6/h7,9H,2-6H2,1H3. The minimum absolute atomic E-state index is 0.713. The molecule has 0 aromatic rings.